The maximum absolute atomic E-state index is 9.13. The van der Waals surface area contributed by atoms with Gasteiger partial charge in [-0.1, -0.05) is 0 Å². The van der Waals surface area contributed by atoms with Crippen molar-refractivity contribution in [1.29, 1.82) is 0 Å². The number of aliphatic hydroxyl groups is 1. The first-order valence-corrected chi connectivity index (χ1v) is 5.93. The summed E-state index contributed by atoms with van der Waals surface area (Å²) in [5.41, 5.74) is 2.35. The van der Waals surface area contributed by atoms with Gasteiger partial charge in [-0.15, -0.1) is 0 Å². The number of aliphatic hydroxyl groups excluding tert-OH is 1. The molecule has 18 heavy (non-hydrogen) atoms. The van der Waals surface area contributed by atoms with Gasteiger partial charge in [-0.25, -0.2) is 5.84 Å². The minimum atomic E-state index is -0.301. The van der Waals surface area contributed by atoms with Crippen molar-refractivity contribution in [2.45, 2.75) is 32.8 Å². The second kappa shape index (κ2) is 7.62. The van der Waals surface area contributed by atoms with Crippen LogP contribution < -0.4 is 21.3 Å². The number of nitrogens with two attached hydrogens (primary N) is 1. The van der Waals surface area contributed by atoms with Crippen LogP contribution in [-0.4, -0.2) is 39.3 Å². The van der Waals surface area contributed by atoms with Crippen LogP contribution in [0.4, 0.5) is 11.9 Å². The lowest BCUT2D eigenvalue weighted by atomic mass is 10.2. The maximum Gasteiger partial charge on any atom is 0.323 e. The number of anilines is 2. The second-order valence-electron chi connectivity index (χ2n) is 3.76. The van der Waals surface area contributed by atoms with E-state index in [1.165, 1.54) is 0 Å². The molecule has 0 spiro atoms. The molecule has 0 bridgehead atoms. The van der Waals surface area contributed by atoms with E-state index in [0.717, 1.165) is 12.8 Å². The van der Waals surface area contributed by atoms with Crippen LogP contribution in [0.5, 0.6) is 6.01 Å². The fraction of sp³-hybridized carbons (Fsp3) is 0.700. The highest BCUT2D eigenvalue weighted by Gasteiger charge is 2.06. The summed E-state index contributed by atoms with van der Waals surface area (Å²) in [5, 5.41) is 12.2. The van der Waals surface area contributed by atoms with Crippen molar-refractivity contribution in [1.82, 2.24) is 15.0 Å². The quantitative estimate of drug-likeness (QED) is 0.294. The highest BCUT2D eigenvalue weighted by molar-refractivity contribution is 5.34. The predicted molar refractivity (Wildman–Crippen MR) is 68.2 cm³/mol. The fourth-order valence-corrected chi connectivity index (χ4v) is 1.29. The Morgan fingerprint density at radius 2 is 2.06 bits per heavy atom. The summed E-state index contributed by atoms with van der Waals surface area (Å²) in [5.74, 6) is 5.90. The first-order chi connectivity index (χ1) is 8.65. The van der Waals surface area contributed by atoms with Crippen LogP contribution in [0.3, 0.4) is 0 Å². The first-order valence-electron chi connectivity index (χ1n) is 5.93. The van der Waals surface area contributed by atoms with Crippen LogP contribution in [-0.2, 0) is 0 Å². The predicted octanol–water partition coefficient (Wildman–Crippen LogP) is 0.129. The average molecular weight is 256 g/mol. The number of rotatable bonds is 8. The Morgan fingerprint density at radius 1 is 1.33 bits per heavy atom. The molecule has 1 heterocycles. The zero-order chi connectivity index (χ0) is 13.4. The van der Waals surface area contributed by atoms with Crippen molar-refractivity contribution in [3.8, 4) is 6.01 Å². The molecule has 1 aromatic heterocycles. The molecular weight excluding hydrogens is 236 g/mol. The van der Waals surface area contributed by atoms with Gasteiger partial charge in [-0.2, -0.15) is 15.0 Å². The van der Waals surface area contributed by atoms with E-state index in [4.69, 9.17) is 15.7 Å². The van der Waals surface area contributed by atoms with Crippen LogP contribution >= 0.6 is 0 Å². The smallest absolute Gasteiger partial charge is 0.323 e. The van der Waals surface area contributed by atoms with E-state index in [1.54, 1.807) is 6.92 Å². The second-order valence-corrected chi connectivity index (χ2v) is 3.76. The topological polar surface area (TPSA) is 118 Å². The van der Waals surface area contributed by atoms with Crippen molar-refractivity contribution in [3.63, 3.8) is 0 Å². The fourth-order valence-electron chi connectivity index (χ4n) is 1.29. The molecule has 5 N–H and O–H groups in total. The van der Waals surface area contributed by atoms with Crippen molar-refractivity contribution >= 4 is 11.9 Å². The Balaban J connectivity index is 2.55. The SMILES string of the molecule is CCOc1nc(NN)nc(NCCCC(C)O)n1. The van der Waals surface area contributed by atoms with Crippen molar-refractivity contribution in [2.75, 3.05) is 23.9 Å². The minimum Gasteiger partial charge on any atom is -0.464 e. The molecule has 0 saturated heterocycles. The van der Waals surface area contributed by atoms with Crippen molar-refractivity contribution in [3.05, 3.63) is 0 Å². The van der Waals surface area contributed by atoms with Gasteiger partial charge < -0.3 is 15.2 Å². The van der Waals surface area contributed by atoms with E-state index >= 15 is 0 Å². The van der Waals surface area contributed by atoms with E-state index in [-0.39, 0.29) is 18.1 Å². The van der Waals surface area contributed by atoms with Gasteiger partial charge in [-0.3, -0.25) is 5.43 Å². The highest BCUT2D eigenvalue weighted by Crippen LogP contribution is 2.10. The highest BCUT2D eigenvalue weighted by atomic mass is 16.5. The average Bonchev–Trinajstić information content (AvgIpc) is 2.34. The Morgan fingerprint density at radius 3 is 2.67 bits per heavy atom. The molecule has 1 atom stereocenters. The molecule has 0 aliphatic rings. The number of hydrazine groups is 1. The largest absolute Gasteiger partial charge is 0.464 e. The monoisotopic (exact) mass is 256 g/mol. The molecule has 0 fully saturated rings. The van der Waals surface area contributed by atoms with Crippen LogP contribution in [0.2, 0.25) is 0 Å². The van der Waals surface area contributed by atoms with E-state index in [1.807, 2.05) is 6.92 Å². The van der Waals surface area contributed by atoms with Gasteiger partial charge in [0.2, 0.25) is 11.9 Å². The Hall–Kier alpha value is -1.67. The standard InChI is InChI=1S/C10H20N6O2/c1-3-18-10-14-8(13-9(15-10)16-11)12-6-4-5-7(2)17/h7,17H,3-6,11H2,1-2H3,(H2,12,13,14,15,16). The molecule has 1 rings (SSSR count). The van der Waals surface area contributed by atoms with Gasteiger partial charge in [0.15, 0.2) is 0 Å². The Kier molecular flexibility index (Phi) is 6.09. The molecule has 0 aliphatic carbocycles. The summed E-state index contributed by atoms with van der Waals surface area (Å²) in [4.78, 5) is 12.1. The molecule has 8 nitrogen and oxygen atoms in total. The minimum absolute atomic E-state index is 0.221. The van der Waals surface area contributed by atoms with Crippen LogP contribution in [0.1, 0.15) is 26.7 Å². The van der Waals surface area contributed by atoms with Gasteiger partial charge in [0, 0.05) is 6.54 Å². The molecule has 0 aromatic carbocycles. The number of nitrogen functional groups attached to an aromatic ring is 1. The lowest BCUT2D eigenvalue weighted by molar-refractivity contribution is 0.183. The van der Waals surface area contributed by atoms with Crippen molar-refractivity contribution < 1.29 is 9.84 Å². The molecule has 102 valence electrons. The number of hydrogen-bond donors (Lipinski definition) is 4. The van der Waals surface area contributed by atoms with Crippen LogP contribution in [0, 0.1) is 0 Å². The van der Waals surface area contributed by atoms with Crippen LogP contribution in [0.15, 0.2) is 0 Å². The summed E-state index contributed by atoms with van der Waals surface area (Å²) >= 11 is 0. The van der Waals surface area contributed by atoms with Gasteiger partial charge in [-0.05, 0) is 26.7 Å². The number of ether oxygens (including phenoxy) is 1. The zero-order valence-corrected chi connectivity index (χ0v) is 10.7. The molecule has 1 unspecified atom stereocenters. The third-order valence-corrected chi connectivity index (χ3v) is 2.10. The van der Waals surface area contributed by atoms with E-state index in [9.17, 15) is 0 Å². The van der Waals surface area contributed by atoms with E-state index in [2.05, 4.69) is 25.7 Å². The zero-order valence-electron chi connectivity index (χ0n) is 10.7. The third-order valence-electron chi connectivity index (χ3n) is 2.10. The first kappa shape index (κ1) is 14.4. The Bertz CT molecular complexity index is 360. The summed E-state index contributed by atoms with van der Waals surface area (Å²) in [6.45, 7) is 4.72. The summed E-state index contributed by atoms with van der Waals surface area (Å²) in [6, 6.07) is 0.221. The van der Waals surface area contributed by atoms with E-state index in [0.29, 0.717) is 19.1 Å². The molecule has 1 aromatic rings. The summed E-state index contributed by atoms with van der Waals surface area (Å²) in [7, 11) is 0. The maximum atomic E-state index is 9.13. The molecular formula is C10H20N6O2. The molecule has 0 amide bonds. The van der Waals surface area contributed by atoms with Gasteiger partial charge in [0.1, 0.15) is 0 Å². The van der Waals surface area contributed by atoms with Gasteiger partial charge >= 0.3 is 6.01 Å². The molecule has 8 heteroatoms. The number of hydrogen-bond acceptors (Lipinski definition) is 8. The molecule has 0 aliphatic heterocycles. The normalized spacial score (nSPS) is 12.0. The lowest BCUT2D eigenvalue weighted by Crippen LogP contribution is -2.15. The summed E-state index contributed by atoms with van der Waals surface area (Å²) < 4.78 is 5.20. The number of nitrogens with one attached hydrogen (secondary N) is 2. The summed E-state index contributed by atoms with van der Waals surface area (Å²) in [6.07, 6.45) is 1.24. The molecule has 0 radical (unpaired) electrons. The lowest BCUT2D eigenvalue weighted by Gasteiger charge is -2.09. The van der Waals surface area contributed by atoms with Gasteiger partial charge in [0.05, 0.1) is 12.7 Å². The third kappa shape index (κ3) is 5.11. The van der Waals surface area contributed by atoms with E-state index < -0.39 is 0 Å². The van der Waals surface area contributed by atoms with Crippen molar-refractivity contribution in [2.24, 2.45) is 5.84 Å². The molecule has 0 saturated carbocycles. The van der Waals surface area contributed by atoms with Crippen LogP contribution in [0.25, 0.3) is 0 Å². The number of nitrogens with zero attached hydrogens (tertiary/aromatic N) is 3. The number of aromatic nitrogens is 3. The Labute approximate surface area is 106 Å². The van der Waals surface area contributed by atoms with Gasteiger partial charge in [0.25, 0.3) is 0 Å².